The van der Waals surface area contributed by atoms with E-state index in [1.54, 1.807) is 6.92 Å². The molecule has 0 saturated carbocycles. The zero-order valence-electron chi connectivity index (χ0n) is 7.01. The first kappa shape index (κ1) is 9.35. The molecule has 6 nitrogen and oxygen atoms in total. The molecular weight excluding hydrogens is 226 g/mol. The Bertz CT molecular complexity index is 447. The highest BCUT2D eigenvalue weighted by molar-refractivity contribution is 7.99. The summed E-state index contributed by atoms with van der Waals surface area (Å²) in [6, 6.07) is 0. The molecule has 2 aromatic rings. The molecule has 0 radical (unpaired) electrons. The van der Waals surface area contributed by atoms with Crippen LogP contribution in [-0.2, 0) is 0 Å². The Hall–Kier alpha value is -1.21. The summed E-state index contributed by atoms with van der Waals surface area (Å²) in [5.74, 6) is 0.501. The molecule has 0 bridgehead atoms. The first-order valence-corrected chi connectivity index (χ1v) is 4.76. The molecule has 0 fully saturated rings. The number of rotatable bonds is 2. The van der Waals surface area contributed by atoms with Crippen LogP contribution in [0.1, 0.15) is 5.89 Å². The molecule has 0 aliphatic heterocycles. The third kappa shape index (κ3) is 2.18. The van der Waals surface area contributed by atoms with E-state index in [2.05, 4.69) is 25.4 Å². The Morgan fingerprint density at radius 3 is 2.86 bits per heavy atom. The molecule has 2 heterocycles. The third-order valence-electron chi connectivity index (χ3n) is 1.21. The highest BCUT2D eigenvalue weighted by Gasteiger charge is 2.06. The number of hydrogen-bond acceptors (Lipinski definition) is 7. The van der Waals surface area contributed by atoms with Crippen LogP contribution in [0, 0.1) is 6.92 Å². The monoisotopic (exact) mass is 229 g/mol. The van der Waals surface area contributed by atoms with Crippen LogP contribution in [0.15, 0.2) is 20.9 Å². The average molecular weight is 230 g/mol. The van der Waals surface area contributed by atoms with E-state index in [0.717, 1.165) is 0 Å². The van der Waals surface area contributed by atoms with Crippen molar-refractivity contribution in [2.45, 2.75) is 17.2 Å². The second-order valence-electron chi connectivity index (χ2n) is 2.25. The van der Waals surface area contributed by atoms with Gasteiger partial charge in [0.25, 0.3) is 5.22 Å². The zero-order valence-corrected chi connectivity index (χ0v) is 8.58. The van der Waals surface area contributed by atoms with Crippen molar-refractivity contribution in [1.82, 2.24) is 25.4 Å². The molecule has 0 aliphatic carbocycles. The topological polar surface area (TPSA) is 77.6 Å². The largest absolute Gasteiger partial charge is 0.416 e. The van der Waals surface area contributed by atoms with Gasteiger partial charge in [-0.05, 0) is 23.4 Å². The van der Waals surface area contributed by atoms with E-state index in [1.165, 1.54) is 18.0 Å². The Morgan fingerprint density at radius 2 is 2.21 bits per heavy atom. The highest BCUT2D eigenvalue weighted by atomic mass is 35.5. The van der Waals surface area contributed by atoms with Gasteiger partial charge < -0.3 is 4.42 Å². The van der Waals surface area contributed by atoms with Crippen LogP contribution >= 0.6 is 23.4 Å². The van der Waals surface area contributed by atoms with Gasteiger partial charge in [0.2, 0.25) is 11.2 Å². The van der Waals surface area contributed by atoms with Crippen LogP contribution < -0.4 is 0 Å². The van der Waals surface area contributed by atoms with Gasteiger partial charge in [0.05, 0.1) is 6.20 Å². The van der Waals surface area contributed by atoms with E-state index in [9.17, 15) is 0 Å². The van der Waals surface area contributed by atoms with Crippen molar-refractivity contribution in [1.29, 1.82) is 0 Å². The molecule has 0 spiro atoms. The molecule has 14 heavy (non-hydrogen) atoms. The molecule has 0 unspecified atom stereocenters. The summed E-state index contributed by atoms with van der Waals surface area (Å²) in [5.41, 5.74) is 0. The van der Waals surface area contributed by atoms with Crippen molar-refractivity contribution >= 4 is 23.4 Å². The van der Waals surface area contributed by atoms with Gasteiger partial charge in [0.1, 0.15) is 5.03 Å². The van der Waals surface area contributed by atoms with Gasteiger partial charge in [-0.2, -0.15) is 5.10 Å². The molecule has 0 aromatic carbocycles. The maximum atomic E-state index is 5.55. The molecule has 72 valence electrons. The number of aryl methyl sites for hydroxylation is 1. The van der Waals surface area contributed by atoms with Gasteiger partial charge >= 0.3 is 0 Å². The summed E-state index contributed by atoms with van der Waals surface area (Å²) >= 11 is 6.74. The Balaban J connectivity index is 2.18. The van der Waals surface area contributed by atoms with Gasteiger partial charge in [-0.25, -0.2) is 4.98 Å². The van der Waals surface area contributed by atoms with Gasteiger partial charge in [0, 0.05) is 6.92 Å². The fraction of sp³-hybridized carbons (Fsp3) is 0.167. The molecule has 0 aliphatic rings. The minimum atomic E-state index is 0.0891. The first-order chi connectivity index (χ1) is 6.74. The van der Waals surface area contributed by atoms with Crippen LogP contribution in [0.4, 0.5) is 0 Å². The standard InChI is InChI=1S/C6H4ClN5OS/c1-3-10-12-6(13-3)14-4-2-8-11-5(7)9-4/h2H,1H3. The summed E-state index contributed by atoms with van der Waals surface area (Å²) < 4.78 is 5.14. The van der Waals surface area contributed by atoms with Crippen molar-refractivity contribution < 1.29 is 4.42 Å². The second kappa shape index (κ2) is 3.89. The van der Waals surface area contributed by atoms with Crippen molar-refractivity contribution in [3.8, 4) is 0 Å². The van der Waals surface area contributed by atoms with Gasteiger partial charge in [-0.15, -0.1) is 15.3 Å². The molecule has 2 rings (SSSR count). The molecule has 8 heteroatoms. The minimum Gasteiger partial charge on any atom is -0.416 e. The van der Waals surface area contributed by atoms with Crippen LogP contribution in [0.2, 0.25) is 5.28 Å². The quantitative estimate of drug-likeness (QED) is 0.770. The van der Waals surface area contributed by atoms with Gasteiger partial charge in [-0.1, -0.05) is 0 Å². The number of hydrogen-bond donors (Lipinski definition) is 0. The predicted octanol–water partition coefficient (Wildman–Crippen LogP) is 1.37. The first-order valence-electron chi connectivity index (χ1n) is 3.57. The maximum absolute atomic E-state index is 5.55. The fourth-order valence-corrected chi connectivity index (χ4v) is 1.57. The molecule has 2 aromatic heterocycles. The fourth-order valence-electron chi connectivity index (χ4n) is 0.726. The highest BCUT2D eigenvalue weighted by Crippen LogP contribution is 2.23. The van der Waals surface area contributed by atoms with E-state index >= 15 is 0 Å². The molecule has 0 saturated heterocycles. The Labute approximate surface area is 88.1 Å². The van der Waals surface area contributed by atoms with Crippen LogP contribution in [0.25, 0.3) is 0 Å². The van der Waals surface area contributed by atoms with E-state index in [-0.39, 0.29) is 5.28 Å². The molecule has 0 amide bonds. The zero-order chi connectivity index (χ0) is 9.97. The smallest absolute Gasteiger partial charge is 0.282 e. The van der Waals surface area contributed by atoms with E-state index < -0.39 is 0 Å². The summed E-state index contributed by atoms with van der Waals surface area (Å²) in [6.07, 6.45) is 1.47. The Morgan fingerprint density at radius 1 is 1.36 bits per heavy atom. The normalized spacial score (nSPS) is 10.4. The second-order valence-corrected chi connectivity index (χ2v) is 3.56. The maximum Gasteiger partial charge on any atom is 0.282 e. The van der Waals surface area contributed by atoms with Gasteiger partial charge in [-0.3, -0.25) is 0 Å². The van der Waals surface area contributed by atoms with E-state index in [4.69, 9.17) is 16.0 Å². The van der Waals surface area contributed by atoms with E-state index in [0.29, 0.717) is 16.1 Å². The summed E-state index contributed by atoms with van der Waals surface area (Å²) in [7, 11) is 0. The molecule has 0 atom stereocenters. The Kier molecular flexibility index (Phi) is 2.60. The van der Waals surface area contributed by atoms with Crippen molar-refractivity contribution in [3.63, 3.8) is 0 Å². The summed E-state index contributed by atoms with van der Waals surface area (Å²) in [6.45, 7) is 1.71. The number of nitrogens with zero attached hydrogens (tertiary/aromatic N) is 5. The van der Waals surface area contributed by atoms with Crippen LogP contribution in [0.5, 0.6) is 0 Å². The average Bonchev–Trinajstić information content (AvgIpc) is 2.51. The predicted molar refractivity (Wildman–Crippen MR) is 48.0 cm³/mol. The lowest BCUT2D eigenvalue weighted by molar-refractivity contribution is 0.429. The SMILES string of the molecule is Cc1nnc(Sc2cnnc(Cl)n2)o1. The van der Waals surface area contributed by atoms with Gasteiger partial charge in [0.15, 0.2) is 0 Å². The summed E-state index contributed by atoms with van der Waals surface area (Å²) in [4.78, 5) is 3.90. The number of halogens is 1. The minimum absolute atomic E-state index is 0.0891. The third-order valence-corrected chi connectivity index (χ3v) is 2.12. The molecular formula is C6H4ClN5OS. The lowest BCUT2D eigenvalue weighted by Gasteiger charge is -1.93. The van der Waals surface area contributed by atoms with Crippen LogP contribution in [0.3, 0.4) is 0 Å². The number of aromatic nitrogens is 5. The van der Waals surface area contributed by atoms with E-state index in [1.807, 2.05) is 0 Å². The van der Waals surface area contributed by atoms with Crippen LogP contribution in [-0.4, -0.2) is 25.4 Å². The van der Waals surface area contributed by atoms with Crippen molar-refractivity contribution in [2.24, 2.45) is 0 Å². The lowest BCUT2D eigenvalue weighted by Crippen LogP contribution is -1.88. The molecule has 0 N–H and O–H groups in total. The van der Waals surface area contributed by atoms with Crippen molar-refractivity contribution in [3.05, 3.63) is 17.4 Å². The lowest BCUT2D eigenvalue weighted by atomic mass is 10.8. The summed E-state index contributed by atoms with van der Waals surface area (Å²) in [5, 5.41) is 15.7. The van der Waals surface area contributed by atoms with Crippen molar-refractivity contribution in [2.75, 3.05) is 0 Å².